The molecule has 2 aromatic heterocycles. The number of amides is 1. The standard InChI is InChI=1S/C18H20N4O2/c1-2-22-17-15(12-20-22)14(18(24)19-9-6-10-23)11-16(21-17)13-7-4-3-5-8-13/h3-5,7-8,11-12,23H,2,6,9-10H2,1H3,(H,19,24). The number of carbonyl (C=O) groups excluding carboxylic acids is 1. The molecule has 0 saturated heterocycles. The van der Waals surface area contributed by atoms with E-state index < -0.39 is 0 Å². The number of carbonyl (C=O) groups is 1. The highest BCUT2D eigenvalue weighted by molar-refractivity contribution is 6.06. The van der Waals surface area contributed by atoms with E-state index in [0.717, 1.165) is 16.6 Å². The van der Waals surface area contributed by atoms with Crippen LogP contribution in [0.2, 0.25) is 0 Å². The zero-order valence-electron chi connectivity index (χ0n) is 13.6. The van der Waals surface area contributed by atoms with Gasteiger partial charge in [0.15, 0.2) is 5.65 Å². The van der Waals surface area contributed by atoms with Crippen LogP contribution in [0.15, 0.2) is 42.6 Å². The first kappa shape index (κ1) is 16.1. The molecule has 0 aliphatic rings. The molecule has 2 N–H and O–H groups in total. The Balaban J connectivity index is 2.09. The van der Waals surface area contributed by atoms with Crippen molar-refractivity contribution in [2.24, 2.45) is 0 Å². The fraction of sp³-hybridized carbons (Fsp3) is 0.278. The van der Waals surface area contributed by atoms with Crippen LogP contribution in [0.1, 0.15) is 23.7 Å². The second-order valence-corrected chi connectivity index (χ2v) is 5.45. The third kappa shape index (κ3) is 3.14. The SMILES string of the molecule is CCn1ncc2c(C(=O)NCCCO)cc(-c3ccccc3)nc21. The predicted octanol–water partition coefficient (Wildman–Crippen LogP) is 2.23. The van der Waals surface area contributed by atoms with Crippen LogP contribution in [-0.4, -0.2) is 38.9 Å². The summed E-state index contributed by atoms with van der Waals surface area (Å²) in [7, 11) is 0. The van der Waals surface area contributed by atoms with Crippen LogP contribution in [-0.2, 0) is 6.54 Å². The molecule has 0 aliphatic carbocycles. The molecule has 6 heteroatoms. The van der Waals surface area contributed by atoms with Gasteiger partial charge in [-0.1, -0.05) is 30.3 Å². The highest BCUT2D eigenvalue weighted by atomic mass is 16.3. The minimum atomic E-state index is -0.177. The van der Waals surface area contributed by atoms with Gasteiger partial charge in [0, 0.05) is 25.3 Å². The maximum Gasteiger partial charge on any atom is 0.252 e. The first-order valence-corrected chi connectivity index (χ1v) is 8.05. The summed E-state index contributed by atoms with van der Waals surface area (Å²) in [6.07, 6.45) is 2.21. The number of aliphatic hydroxyl groups excluding tert-OH is 1. The molecule has 0 aliphatic heterocycles. The lowest BCUT2D eigenvalue weighted by atomic mass is 10.1. The van der Waals surface area contributed by atoms with Crippen molar-refractivity contribution < 1.29 is 9.90 Å². The number of benzene rings is 1. The van der Waals surface area contributed by atoms with E-state index in [4.69, 9.17) is 10.1 Å². The van der Waals surface area contributed by atoms with Crippen molar-refractivity contribution >= 4 is 16.9 Å². The molecule has 0 spiro atoms. The molecule has 0 bridgehead atoms. The Bertz CT molecular complexity index is 843. The molecule has 1 aromatic carbocycles. The van der Waals surface area contributed by atoms with Crippen LogP contribution in [0.4, 0.5) is 0 Å². The molecular formula is C18H20N4O2. The molecule has 3 aromatic rings. The summed E-state index contributed by atoms with van der Waals surface area (Å²) in [6, 6.07) is 11.6. The molecule has 2 heterocycles. The number of rotatable bonds is 6. The van der Waals surface area contributed by atoms with E-state index in [1.54, 1.807) is 16.9 Å². The Morgan fingerprint density at radius 1 is 1.29 bits per heavy atom. The van der Waals surface area contributed by atoms with Crippen molar-refractivity contribution in [3.63, 3.8) is 0 Å². The molecule has 1 amide bonds. The van der Waals surface area contributed by atoms with Crippen LogP contribution in [0.5, 0.6) is 0 Å². The molecule has 3 rings (SSSR count). The zero-order valence-corrected chi connectivity index (χ0v) is 13.6. The first-order valence-electron chi connectivity index (χ1n) is 8.05. The highest BCUT2D eigenvalue weighted by Gasteiger charge is 2.16. The van der Waals surface area contributed by atoms with Crippen molar-refractivity contribution in [1.82, 2.24) is 20.1 Å². The summed E-state index contributed by atoms with van der Waals surface area (Å²) in [5.41, 5.74) is 2.95. The van der Waals surface area contributed by atoms with Gasteiger partial charge in [-0.2, -0.15) is 5.10 Å². The Morgan fingerprint density at radius 3 is 2.79 bits per heavy atom. The number of nitrogens with one attached hydrogen (secondary N) is 1. The fourth-order valence-corrected chi connectivity index (χ4v) is 2.60. The minimum absolute atomic E-state index is 0.0507. The van der Waals surface area contributed by atoms with Crippen LogP contribution in [0, 0.1) is 0 Å². The summed E-state index contributed by atoms with van der Waals surface area (Å²) in [5.74, 6) is -0.177. The Hall–Kier alpha value is -2.73. The summed E-state index contributed by atoms with van der Waals surface area (Å²) in [4.78, 5) is 17.3. The number of aliphatic hydroxyl groups is 1. The summed E-state index contributed by atoms with van der Waals surface area (Å²) in [5, 5.41) is 16.8. The number of fused-ring (bicyclic) bond motifs is 1. The van der Waals surface area contributed by atoms with Gasteiger partial charge in [-0.25, -0.2) is 9.67 Å². The van der Waals surface area contributed by atoms with E-state index in [-0.39, 0.29) is 12.5 Å². The fourth-order valence-electron chi connectivity index (χ4n) is 2.60. The van der Waals surface area contributed by atoms with Crippen molar-refractivity contribution in [2.45, 2.75) is 19.9 Å². The number of pyridine rings is 1. The number of aryl methyl sites for hydroxylation is 1. The van der Waals surface area contributed by atoms with Gasteiger partial charge in [-0.3, -0.25) is 4.79 Å². The molecule has 6 nitrogen and oxygen atoms in total. The maximum absolute atomic E-state index is 12.6. The third-order valence-electron chi connectivity index (χ3n) is 3.84. The summed E-state index contributed by atoms with van der Waals surface area (Å²) in [6.45, 7) is 3.15. The van der Waals surface area contributed by atoms with Crippen LogP contribution in [0.25, 0.3) is 22.3 Å². The molecule has 0 atom stereocenters. The lowest BCUT2D eigenvalue weighted by Gasteiger charge is -2.09. The second-order valence-electron chi connectivity index (χ2n) is 5.45. The smallest absolute Gasteiger partial charge is 0.252 e. The highest BCUT2D eigenvalue weighted by Crippen LogP contribution is 2.24. The van der Waals surface area contributed by atoms with Gasteiger partial charge in [0.1, 0.15) is 0 Å². The normalized spacial score (nSPS) is 10.9. The number of hydrogen-bond donors (Lipinski definition) is 2. The molecule has 124 valence electrons. The van der Waals surface area contributed by atoms with Crippen molar-refractivity contribution in [3.05, 3.63) is 48.2 Å². The molecule has 0 saturated carbocycles. The van der Waals surface area contributed by atoms with Gasteiger partial charge in [-0.15, -0.1) is 0 Å². The molecular weight excluding hydrogens is 304 g/mol. The zero-order chi connectivity index (χ0) is 16.9. The Kier molecular flexibility index (Phi) is 4.86. The molecule has 0 unspecified atom stereocenters. The van der Waals surface area contributed by atoms with E-state index in [1.165, 1.54) is 0 Å². The largest absolute Gasteiger partial charge is 0.396 e. The van der Waals surface area contributed by atoms with Gasteiger partial charge in [-0.05, 0) is 19.4 Å². The van der Waals surface area contributed by atoms with Crippen molar-refractivity contribution in [2.75, 3.05) is 13.2 Å². The van der Waals surface area contributed by atoms with Crippen LogP contribution >= 0.6 is 0 Å². The first-order chi connectivity index (χ1) is 11.7. The Labute approximate surface area is 140 Å². The topological polar surface area (TPSA) is 80.0 Å². The monoisotopic (exact) mass is 324 g/mol. The predicted molar refractivity (Wildman–Crippen MR) is 92.7 cm³/mol. The van der Waals surface area contributed by atoms with Gasteiger partial charge in [0.25, 0.3) is 5.91 Å². The average Bonchev–Trinajstić information content (AvgIpc) is 3.04. The van der Waals surface area contributed by atoms with Crippen molar-refractivity contribution in [3.8, 4) is 11.3 Å². The third-order valence-corrected chi connectivity index (χ3v) is 3.84. The number of nitrogens with zero attached hydrogens (tertiary/aromatic N) is 3. The van der Waals surface area contributed by atoms with Crippen molar-refractivity contribution in [1.29, 1.82) is 0 Å². The van der Waals surface area contributed by atoms with E-state index in [9.17, 15) is 4.79 Å². The second kappa shape index (κ2) is 7.23. The van der Waals surface area contributed by atoms with E-state index in [0.29, 0.717) is 30.7 Å². The van der Waals surface area contributed by atoms with E-state index >= 15 is 0 Å². The maximum atomic E-state index is 12.6. The van der Waals surface area contributed by atoms with Gasteiger partial charge < -0.3 is 10.4 Å². The summed E-state index contributed by atoms with van der Waals surface area (Å²) >= 11 is 0. The molecule has 0 fully saturated rings. The van der Waals surface area contributed by atoms with E-state index in [2.05, 4.69) is 10.4 Å². The molecule has 0 radical (unpaired) electrons. The lowest BCUT2D eigenvalue weighted by Crippen LogP contribution is -2.25. The van der Waals surface area contributed by atoms with Gasteiger partial charge in [0.2, 0.25) is 0 Å². The van der Waals surface area contributed by atoms with Crippen LogP contribution in [0.3, 0.4) is 0 Å². The van der Waals surface area contributed by atoms with Gasteiger partial charge in [0.05, 0.1) is 22.8 Å². The summed E-state index contributed by atoms with van der Waals surface area (Å²) < 4.78 is 1.78. The quantitative estimate of drug-likeness (QED) is 0.681. The van der Waals surface area contributed by atoms with Gasteiger partial charge >= 0.3 is 0 Å². The number of aromatic nitrogens is 3. The number of hydrogen-bond acceptors (Lipinski definition) is 4. The van der Waals surface area contributed by atoms with Crippen LogP contribution < -0.4 is 5.32 Å². The lowest BCUT2D eigenvalue weighted by molar-refractivity contribution is 0.0953. The average molecular weight is 324 g/mol. The minimum Gasteiger partial charge on any atom is -0.396 e. The van der Waals surface area contributed by atoms with E-state index in [1.807, 2.05) is 37.3 Å². The molecule has 24 heavy (non-hydrogen) atoms. The Morgan fingerprint density at radius 2 is 2.08 bits per heavy atom.